The maximum absolute atomic E-state index is 12.8. The van der Waals surface area contributed by atoms with Gasteiger partial charge in [0.25, 0.3) is 5.91 Å². The van der Waals surface area contributed by atoms with Crippen LogP contribution in [-0.2, 0) is 16.1 Å². The predicted octanol–water partition coefficient (Wildman–Crippen LogP) is 4.77. The van der Waals surface area contributed by atoms with Gasteiger partial charge in [-0.3, -0.25) is 9.59 Å². The highest BCUT2D eigenvalue weighted by atomic mass is 35.5. The Morgan fingerprint density at radius 1 is 1.25 bits per heavy atom. The highest BCUT2D eigenvalue weighted by Crippen LogP contribution is 2.24. The van der Waals surface area contributed by atoms with Crippen LogP contribution in [0.2, 0.25) is 5.02 Å². The summed E-state index contributed by atoms with van der Waals surface area (Å²) in [5.74, 6) is -0.777. The molecule has 1 aromatic heterocycles. The number of esters is 1. The molecule has 3 aromatic rings. The van der Waals surface area contributed by atoms with E-state index in [1.165, 1.54) is 18.4 Å². The first kappa shape index (κ1) is 20.6. The third-order valence-corrected chi connectivity index (χ3v) is 6.08. The zero-order valence-corrected chi connectivity index (χ0v) is 18.0. The molecule has 0 aliphatic rings. The van der Waals surface area contributed by atoms with Gasteiger partial charge >= 0.3 is 5.97 Å². The highest BCUT2D eigenvalue weighted by molar-refractivity contribution is 7.99. The van der Waals surface area contributed by atoms with E-state index in [-0.39, 0.29) is 12.5 Å². The number of fused-ring (bicyclic) bond motifs is 1. The van der Waals surface area contributed by atoms with Crippen molar-refractivity contribution in [3.05, 3.63) is 57.9 Å². The minimum absolute atomic E-state index is 0.0342. The summed E-state index contributed by atoms with van der Waals surface area (Å²) in [6.45, 7) is 4.16. The number of halogens is 1. The first-order chi connectivity index (χ1) is 13.4. The number of thiazole rings is 1. The predicted molar refractivity (Wildman–Crippen MR) is 114 cm³/mol. The minimum Gasteiger partial charge on any atom is -0.468 e. The van der Waals surface area contributed by atoms with Crippen molar-refractivity contribution in [3.8, 4) is 0 Å². The lowest BCUT2D eigenvalue weighted by Crippen LogP contribution is -2.22. The van der Waals surface area contributed by atoms with Gasteiger partial charge in [-0.2, -0.15) is 4.99 Å². The lowest BCUT2D eigenvalue weighted by atomic mass is 10.2. The molecule has 0 aliphatic heterocycles. The van der Waals surface area contributed by atoms with Crippen LogP contribution < -0.4 is 4.80 Å². The topological polar surface area (TPSA) is 60.7 Å². The monoisotopic (exact) mass is 434 g/mol. The fourth-order valence-corrected chi connectivity index (χ4v) is 4.81. The van der Waals surface area contributed by atoms with Crippen molar-refractivity contribution < 1.29 is 14.3 Å². The van der Waals surface area contributed by atoms with Gasteiger partial charge in [0, 0.05) is 20.7 Å². The number of aromatic nitrogens is 1. The summed E-state index contributed by atoms with van der Waals surface area (Å²) in [4.78, 5) is 30.4. The number of amides is 1. The van der Waals surface area contributed by atoms with Crippen molar-refractivity contribution in [2.24, 2.45) is 4.99 Å². The summed E-state index contributed by atoms with van der Waals surface area (Å²) < 4.78 is 7.30. The molecule has 2 aromatic carbocycles. The smallest absolute Gasteiger partial charge is 0.325 e. The van der Waals surface area contributed by atoms with Crippen molar-refractivity contribution >= 4 is 56.8 Å². The molecule has 0 saturated heterocycles. The molecule has 0 N–H and O–H groups in total. The molecule has 0 unspecified atom stereocenters. The average molecular weight is 435 g/mol. The zero-order chi connectivity index (χ0) is 20.3. The molecule has 0 aliphatic carbocycles. The van der Waals surface area contributed by atoms with Crippen LogP contribution in [0.15, 0.2) is 52.4 Å². The normalized spacial score (nSPS) is 12.0. The Balaban J connectivity index is 2.06. The van der Waals surface area contributed by atoms with Gasteiger partial charge in [-0.1, -0.05) is 42.9 Å². The van der Waals surface area contributed by atoms with E-state index >= 15 is 0 Å². The van der Waals surface area contributed by atoms with Crippen molar-refractivity contribution in [1.82, 2.24) is 4.57 Å². The first-order valence-corrected chi connectivity index (χ1v) is 10.7. The molecule has 0 spiro atoms. The standard InChI is InChI=1S/C20H19ClN2O3S2/c1-12(2)27-15-6-4-5-13(9-15)19(25)22-20-23(11-18(24)26-3)16-8-7-14(21)10-17(16)28-20/h4-10,12H,11H2,1-3H3. The van der Waals surface area contributed by atoms with Gasteiger partial charge in [0.05, 0.1) is 17.3 Å². The van der Waals surface area contributed by atoms with Crippen LogP contribution in [-0.4, -0.2) is 28.8 Å². The number of thioether (sulfide) groups is 1. The van der Waals surface area contributed by atoms with E-state index < -0.39 is 5.97 Å². The number of carbonyl (C=O) groups excluding carboxylic acids is 2. The van der Waals surface area contributed by atoms with E-state index in [4.69, 9.17) is 16.3 Å². The molecule has 1 heterocycles. The van der Waals surface area contributed by atoms with Crippen molar-refractivity contribution in [2.75, 3.05) is 7.11 Å². The average Bonchev–Trinajstić information content (AvgIpc) is 2.97. The Labute approximate surface area is 176 Å². The van der Waals surface area contributed by atoms with Crippen LogP contribution in [0.3, 0.4) is 0 Å². The van der Waals surface area contributed by atoms with Crippen LogP contribution in [0.25, 0.3) is 10.2 Å². The van der Waals surface area contributed by atoms with E-state index in [9.17, 15) is 9.59 Å². The molecule has 1 amide bonds. The van der Waals surface area contributed by atoms with Gasteiger partial charge in [0.15, 0.2) is 4.80 Å². The molecule has 146 valence electrons. The second-order valence-electron chi connectivity index (χ2n) is 6.27. The van der Waals surface area contributed by atoms with Gasteiger partial charge in [0.2, 0.25) is 0 Å². The molecule has 5 nitrogen and oxygen atoms in total. The molecule has 8 heteroatoms. The van der Waals surface area contributed by atoms with Crippen molar-refractivity contribution in [3.63, 3.8) is 0 Å². The minimum atomic E-state index is -0.418. The summed E-state index contributed by atoms with van der Waals surface area (Å²) in [7, 11) is 1.33. The van der Waals surface area contributed by atoms with Gasteiger partial charge in [-0.25, -0.2) is 0 Å². The molecule has 0 atom stereocenters. The quantitative estimate of drug-likeness (QED) is 0.428. The Morgan fingerprint density at radius 2 is 2.04 bits per heavy atom. The summed E-state index contributed by atoms with van der Waals surface area (Å²) in [5, 5.41) is 0.993. The number of carbonyl (C=O) groups is 2. The van der Waals surface area contributed by atoms with E-state index in [0.29, 0.717) is 20.6 Å². The molecule has 0 saturated carbocycles. The van der Waals surface area contributed by atoms with E-state index in [1.807, 2.05) is 18.2 Å². The molecule has 0 bridgehead atoms. The molecule has 28 heavy (non-hydrogen) atoms. The maximum atomic E-state index is 12.8. The van der Waals surface area contributed by atoms with Crippen LogP contribution in [0, 0.1) is 0 Å². The largest absolute Gasteiger partial charge is 0.468 e. The highest BCUT2D eigenvalue weighted by Gasteiger charge is 2.13. The fourth-order valence-electron chi connectivity index (χ4n) is 2.60. The second kappa shape index (κ2) is 8.94. The Morgan fingerprint density at radius 3 is 2.75 bits per heavy atom. The molecular formula is C20H19ClN2O3S2. The SMILES string of the molecule is COC(=O)Cn1c(=NC(=O)c2cccc(SC(C)C)c2)sc2cc(Cl)ccc21. The number of methoxy groups -OCH3 is 1. The number of hydrogen-bond acceptors (Lipinski definition) is 5. The lowest BCUT2D eigenvalue weighted by Gasteiger charge is -2.06. The van der Waals surface area contributed by atoms with E-state index in [2.05, 4.69) is 18.8 Å². The Hall–Kier alpha value is -2.09. The zero-order valence-electron chi connectivity index (χ0n) is 15.6. The molecule has 3 rings (SSSR count). The maximum Gasteiger partial charge on any atom is 0.325 e. The number of rotatable bonds is 5. The number of ether oxygens (including phenoxy) is 1. The van der Waals surface area contributed by atoms with Crippen LogP contribution in [0.4, 0.5) is 0 Å². The summed E-state index contributed by atoms with van der Waals surface area (Å²) in [6, 6.07) is 12.7. The van der Waals surface area contributed by atoms with E-state index in [1.54, 1.807) is 40.6 Å². The number of benzene rings is 2. The Kier molecular flexibility index (Phi) is 6.59. The molecule has 0 fully saturated rings. The van der Waals surface area contributed by atoms with Gasteiger partial charge in [0.1, 0.15) is 6.54 Å². The fraction of sp³-hybridized carbons (Fsp3) is 0.250. The molecular weight excluding hydrogens is 416 g/mol. The first-order valence-electron chi connectivity index (χ1n) is 8.59. The van der Waals surface area contributed by atoms with E-state index in [0.717, 1.165) is 15.1 Å². The summed E-state index contributed by atoms with van der Waals surface area (Å²) in [6.07, 6.45) is 0. The van der Waals surface area contributed by atoms with Crippen LogP contribution >= 0.6 is 34.7 Å². The summed E-state index contributed by atoms with van der Waals surface area (Å²) >= 11 is 9.07. The lowest BCUT2D eigenvalue weighted by molar-refractivity contribution is -0.141. The number of hydrogen-bond donors (Lipinski definition) is 0. The molecule has 0 radical (unpaired) electrons. The third-order valence-electron chi connectivity index (χ3n) is 3.81. The van der Waals surface area contributed by atoms with Gasteiger partial charge in [-0.15, -0.1) is 11.8 Å². The van der Waals surface area contributed by atoms with Crippen LogP contribution in [0.1, 0.15) is 24.2 Å². The van der Waals surface area contributed by atoms with Crippen molar-refractivity contribution in [2.45, 2.75) is 30.5 Å². The van der Waals surface area contributed by atoms with Gasteiger partial charge < -0.3 is 9.30 Å². The van der Waals surface area contributed by atoms with Crippen LogP contribution in [0.5, 0.6) is 0 Å². The van der Waals surface area contributed by atoms with Gasteiger partial charge in [-0.05, 0) is 36.4 Å². The second-order valence-corrected chi connectivity index (χ2v) is 9.37. The summed E-state index contributed by atoms with van der Waals surface area (Å²) in [5.41, 5.74) is 1.28. The Bertz CT molecular complexity index is 1100. The number of nitrogens with zero attached hydrogens (tertiary/aromatic N) is 2. The van der Waals surface area contributed by atoms with Crippen molar-refractivity contribution in [1.29, 1.82) is 0 Å². The third kappa shape index (κ3) is 4.84.